The van der Waals surface area contributed by atoms with E-state index >= 15 is 0 Å². The van der Waals surface area contributed by atoms with Gasteiger partial charge in [0, 0.05) is 31.8 Å². The lowest BCUT2D eigenvalue weighted by atomic mass is 10.1. The molecular weight excluding hydrogens is 292 g/mol. The number of carbonyl (C=O) groups is 1. The number of hydrogen-bond acceptors (Lipinski definition) is 3. The van der Waals surface area contributed by atoms with Gasteiger partial charge in [-0.1, -0.05) is 30.9 Å². The summed E-state index contributed by atoms with van der Waals surface area (Å²) in [7, 11) is 0. The SMILES string of the molecule is C=CCOc1ccccc1CNC(=O)N1CCC(OCC)CC1. The summed E-state index contributed by atoms with van der Waals surface area (Å²) in [5.74, 6) is 0.780. The van der Waals surface area contributed by atoms with E-state index in [0.29, 0.717) is 13.2 Å². The molecule has 1 aliphatic rings. The van der Waals surface area contributed by atoms with Gasteiger partial charge in [0.2, 0.25) is 0 Å². The van der Waals surface area contributed by atoms with Crippen LogP contribution in [0.1, 0.15) is 25.3 Å². The van der Waals surface area contributed by atoms with Crippen LogP contribution < -0.4 is 10.1 Å². The lowest BCUT2D eigenvalue weighted by molar-refractivity contribution is 0.0220. The van der Waals surface area contributed by atoms with Crippen LogP contribution in [0.3, 0.4) is 0 Å². The van der Waals surface area contributed by atoms with E-state index in [1.165, 1.54) is 0 Å². The molecule has 1 heterocycles. The van der Waals surface area contributed by atoms with E-state index < -0.39 is 0 Å². The van der Waals surface area contributed by atoms with Crippen molar-refractivity contribution in [1.82, 2.24) is 10.2 Å². The molecule has 5 nitrogen and oxygen atoms in total. The minimum atomic E-state index is -0.0292. The Bertz CT molecular complexity index is 511. The number of amides is 2. The fraction of sp³-hybridized carbons (Fsp3) is 0.500. The molecule has 0 radical (unpaired) electrons. The molecule has 0 spiro atoms. The van der Waals surface area contributed by atoms with Gasteiger partial charge < -0.3 is 19.7 Å². The second-order valence-electron chi connectivity index (χ2n) is 5.51. The maximum Gasteiger partial charge on any atom is 0.317 e. The molecule has 1 fully saturated rings. The molecule has 0 aromatic heterocycles. The summed E-state index contributed by atoms with van der Waals surface area (Å²) in [6.45, 7) is 8.78. The summed E-state index contributed by atoms with van der Waals surface area (Å²) >= 11 is 0. The molecule has 126 valence electrons. The maximum absolute atomic E-state index is 12.3. The third-order valence-corrected chi connectivity index (χ3v) is 3.89. The number of likely N-dealkylation sites (tertiary alicyclic amines) is 1. The molecule has 1 saturated heterocycles. The van der Waals surface area contributed by atoms with Crippen LogP contribution in [0.25, 0.3) is 0 Å². The van der Waals surface area contributed by atoms with Crippen LogP contribution in [0, 0.1) is 0 Å². The topological polar surface area (TPSA) is 50.8 Å². The van der Waals surface area contributed by atoms with Crippen molar-refractivity contribution >= 4 is 6.03 Å². The number of hydrogen-bond donors (Lipinski definition) is 1. The van der Waals surface area contributed by atoms with Gasteiger partial charge in [0.25, 0.3) is 0 Å². The largest absolute Gasteiger partial charge is 0.489 e. The minimum absolute atomic E-state index is 0.0292. The lowest BCUT2D eigenvalue weighted by Crippen LogP contribution is -2.45. The average molecular weight is 318 g/mol. The van der Waals surface area contributed by atoms with Crippen molar-refractivity contribution in [2.24, 2.45) is 0 Å². The van der Waals surface area contributed by atoms with Gasteiger partial charge in [-0.2, -0.15) is 0 Å². The van der Waals surface area contributed by atoms with Crippen molar-refractivity contribution < 1.29 is 14.3 Å². The quantitative estimate of drug-likeness (QED) is 0.786. The van der Waals surface area contributed by atoms with Crippen molar-refractivity contribution in [3.05, 3.63) is 42.5 Å². The second-order valence-corrected chi connectivity index (χ2v) is 5.51. The van der Waals surface area contributed by atoms with Crippen molar-refractivity contribution in [2.45, 2.75) is 32.4 Å². The highest BCUT2D eigenvalue weighted by molar-refractivity contribution is 5.74. The predicted octanol–water partition coefficient (Wildman–Crippen LogP) is 2.96. The Balaban J connectivity index is 1.82. The number of nitrogens with zero attached hydrogens (tertiary/aromatic N) is 1. The number of benzene rings is 1. The molecule has 5 heteroatoms. The Morgan fingerprint density at radius 3 is 2.83 bits per heavy atom. The first kappa shape index (κ1) is 17.3. The van der Waals surface area contributed by atoms with E-state index in [2.05, 4.69) is 11.9 Å². The van der Waals surface area contributed by atoms with E-state index in [4.69, 9.17) is 9.47 Å². The van der Waals surface area contributed by atoms with E-state index in [9.17, 15) is 4.79 Å². The molecule has 23 heavy (non-hydrogen) atoms. The first-order valence-corrected chi connectivity index (χ1v) is 8.20. The van der Waals surface area contributed by atoms with Gasteiger partial charge in [0.05, 0.1) is 6.10 Å². The van der Waals surface area contributed by atoms with E-state index in [-0.39, 0.29) is 12.1 Å². The zero-order valence-corrected chi connectivity index (χ0v) is 13.8. The van der Waals surface area contributed by atoms with Crippen LogP contribution in [0.15, 0.2) is 36.9 Å². The third kappa shape index (κ3) is 5.28. The number of urea groups is 1. The second kappa shape index (κ2) is 9.20. The molecule has 0 bridgehead atoms. The summed E-state index contributed by atoms with van der Waals surface area (Å²) in [5, 5.41) is 2.97. The molecule has 1 aromatic rings. The normalized spacial score (nSPS) is 15.3. The Morgan fingerprint density at radius 2 is 2.13 bits per heavy atom. The van der Waals surface area contributed by atoms with Crippen molar-refractivity contribution in [1.29, 1.82) is 0 Å². The summed E-state index contributed by atoms with van der Waals surface area (Å²) in [5.41, 5.74) is 0.965. The highest BCUT2D eigenvalue weighted by Gasteiger charge is 2.22. The van der Waals surface area contributed by atoms with Crippen LogP contribution >= 0.6 is 0 Å². The molecule has 0 unspecified atom stereocenters. The molecule has 2 amide bonds. The number of carbonyl (C=O) groups excluding carboxylic acids is 1. The summed E-state index contributed by atoms with van der Waals surface area (Å²) in [6, 6.07) is 7.69. The van der Waals surface area contributed by atoms with Crippen LogP contribution in [0.2, 0.25) is 0 Å². The smallest absolute Gasteiger partial charge is 0.317 e. The Kier molecular flexibility index (Phi) is 6.94. The number of ether oxygens (including phenoxy) is 2. The molecule has 0 aliphatic carbocycles. The molecule has 0 saturated carbocycles. The standard InChI is InChI=1S/C18H26N2O3/c1-3-13-23-17-8-6-5-7-15(17)14-19-18(21)20-11-9-16(10-12-20)22-4-2/h3,5-8,16H,1,4,9-14H2,2H3,(H,19,21). The van der Waals surface area contributed by atoms with Crippen LogP contribution in [0.4, 0.5) is 4.79 Å². The molecule has 2 rings (SSSR count). The molecule has 1 aliphatic heterocycles. The monoisotopic (exact) mass is 318 g/mol. The summed E-state index contributed by atoms with van der Waals surface area (Å²) in [6.07, 6.45) is 3.80. The summed E-state index contributed by atoms with van der Waals surface area (Å²) < 4.78 is 11.2. The van der Waals surface area contributed by atoms with E-state index in [0.717, 1.165) is 43.9 Å². The lowest BCUT2D eigenvalue weighted by Gasteiger charge is -2.31. The Hall–Kier alpha value is -2.01. The van der Waals surface area contributed by atoms with Gasteiger partial charge in [-0.25, -0.2) is 4.79 Å². The van der Waals surface area contributed by atoms with Crippen LogP contribution in [0.5, 0.6) is 5.75 Å². The Labute approximate surface area is 138 Å². The molecular formula is C18H26N2O3. The van der Waals surface area contributed by atoms with Gasteiger partial charge in [-0.05, 0) is 25.8 Å². The van der Waals surface area contributed by atoms with Crippen LogP contribution in [-0.2, 0) is 11.3 Å². The number of piperidine rings is 1. The van der Waals surface area contributed by atoms with Crippen molar-refractivity contribution in [3.63, 3.8) is 0 Å². The maximum atomic E-state index is 12.3. The average Bonchev–Trinajstić information content (AvgIpc) is 2.59. The molecule has 1 N–H and O–H groups in total. The first-order valence-electron chi connectivity index (χ1n) is 8.20. The first-order chi connectivity index (χ1) is 11.2. The summed E-state index contributed by atoms with van der Waals surface area (Å²) in [4.78, 5) is 14.1. The van der Waals surface area contributed by atoms with E-state index in [1.807, 2.05) is 36.1 Å². The molecule has 1 aromatic carbocycles. The molecule has 0 atom stereocenters. The number of rotatable bonds is 7. The zero-order chi connectivity index (χ0) is 16.5. The van der Waals surface area contributed by atoms with Crippen molar-refractivity contribution in [2.75, 3.05) is 26.3 Å². The van der Waals surface area contributed by atoms with Crippen LogP contribution in [-0.4, -0.2) is 43.3 Å². The highest BCUT2D eigenvalue weighted by Crippen LogP contribution is 2.18. The predicted molar refractivity (Wildman–Crippen MR) is 90.6 cm³/mol. The van der Waals surface area contributed by atoms with Gasteiger partial charge in [0.15, 0.2) is 0 Å². The van der Waals surface area contributed by atoms with Gasteiger partial charge >= 0.3 is 6.03 Å². The fourth-order valence-corrected chi connectivity index (χ4v) is 2.68. The zero-order valence-electron chi connectivity index (χ0n) is 13.8. The minimum Gasteiger partial charge on any atom is -0.489 e. The van der Waals surface area contributed by atoms with Gasteiger partial charge in [0.1, 0.15) is 12.4 Å². The van der Waals surface area contributed by atoms with E-state index in [1.54, 1.807) is 6.08 Å². The third-order valence-electron chi connectivity index (χ3n) is 3.89. The number of para-hydroxylation sites is 1. The van der Waals surface area contributed by atoms with Gasteiger partial charge in [-0.3, -0.25) is 0 Å². The van der Waals surface area contributed by atoms with Crippen molar-refractivity contribution in [3.8, 4) is 5.75 Å². The highest BCUT2D eigenvalue weighted by atomic mass is 16.5. The van der Waals surface area contributed by atoms with Gasteiger partial charge in [-0.15, -0.1) is 0 Å². The Morgan fingerprint density at radius 1 is 1.39 bits per heavy atom. The fourth-order valence-electron chi connectivity index (χ4n) is 2.68. The number of nitrogens with one attached hydrogen (secondary N) is 1.